The van der Waals surface area contributed by atoms with Crippen LogP contribution in [0.1, 0.15) is 39.1 Å². The van der Waals surface area contributed by atoms with Crippen molar-refractivity contribution in [2.75, 3.05) is 13.2 Å². The second kappa shape index (κ2) is 7.94. The Kier molecular flexibility index (Phi) is 6.74. The number of rotatable bonds is 7. The summed E-state index contributed by atoms with van der Waals surface area (Å²) in [4.78, 5) is 8.41. The number of hydrogen-bond donors (Lipinski definition) is 2. The van der Waals surface area contributed by atoms with Gasteiger partial charge in [-0.05, 0) is 13.0 Å². The Morgan fingerprint density at radius 2 is 1.79 bits per heavy atom. The third kappa shape index (κ3) is 5.76. The number of alkyl halides is 3. The molecule has 24 heavy (non-hydrogen) atoms. The summed E-state index contributed by atoms with van der Waals surface area (Å²) in [7, 11) is 0. The Labute approximate surface area is 140 Å². The normalized spacial score (nSPS) is 15.5. The summed E-state index contributed by atoms with van der Waals surface area (Å²) in [5, 5.41) is 12.4. The number of nitrogens with zero attached hydrogens (tertiary/aromatic N) is 2. The highest BCUT2D eigenvalue weighted by Crippen LogP contribution is 2.31. The van der Waals surface area contributed by atoms with E-state index < -0.39 is 18.3 Å². The largest absolute Gasteiger partial charge is 0.502 e. The van der Waals surface area contributed by atoms with E-state index in [1.54, 1.807) is 19.3 Å². The van der Waals surface area contributed by atoms with E-state index in [1.807, 2.05) is 20.8 Å². The molecule has 1 atom stereocenters. The van der Waals surface area contributed by atoms with Crippen molar-refractivity contribution in [2.45, 2.75) is 51.4 Å². The first-order chi connectivity index (χ1) is 11.0. The van der Waals surface area contributed by atoms with Gasteiger partial charge in [0, 0.05) is 36.5 Å². The van der Waals surface area contributed by atoms with Crippen LogP contribution in [0.15, 0.2) is 24.7 Å². The van der Waals surface area contributed by atoms with Crippen LogP contribution in [0.3, 0.4) is 0 Å². The molecule has 0 spiro atoms. The van der Waals surface area contributed by atoms with Crippen LogP contribution in [0.2, 0.25) is 0 Å². The van der Waals surface area contributed by atoms with Gasteiger partial charge in [0.1, 0.15) is 5.82 Å². The van der Waals surface area contributed by atoms with E-state index >= 15 is 0 Å². The SMILES string of the molecule is CCO/C=C/C(O)(CNCc1cnc(C(C)(C)C)nc1)C(F)(F)F. The van der Waals surface area contributed by atoms with E-state index in [1.165, 1.54) is 0 Å². The Morgan fingerprint density at radius 1 is 1.21 bits per heavy atom. The van der Waals surface area contributed by atoms with Crippen molar-refractivity contribution < 1.29 is 23.0 Å². The second-order valence-electron chi connectivity index (χ2n) is 6.45. The predicted molar refractivity (Wildman–Crippen MR) is 84.2 cm³/mol. The fourth-order valence-electron chi connectivity index (χ4n) is 1.74. The topological polar surface area (TPSA) is 67.3 Å². The molecule has 1 aromatic rings. The third-order valence-electron chi connectivity index (χ3n) is 3.20. The molecular formula is C16H24F3N3O2. The van der Waals surface area contributed by atoms with E-state index in [4.69, 9.17) is 4.74 Å². The van der Waals surface area contributed by atoms with Crippen LogP contribution in [0, 0.1) is 0 Å². The summed E-state index contributed by atoms with van der Waals surface area (Å²) >= 11 is 0. The average molecular weight is 347 g/mol. The molecule has 1 unspecified atom stereocenters. The number of hydrogen-bond acceptors (Lipinski definition) is 5. The van der Waals surface area contributed by atoms with Gasteiger partial charge >= 0.3 is 6.18 Å². The lowest BCUT2D eigenvalue weighted by molar-refractivity contribution is -0.238. The molecule has 0 saturated carbocycles. The Hall–Kier alpha value is -1.67. The molecule has 2 N–H and O–H groups in total. The van der Waals surface area contributed by atoms with Gasteiger partial charge in [-0.3, -0.25) is 0 Å². The first-order valence-electron chi connectivity index (χ1n) is 7.60. The summed E-state index contributed by atoms with van der Waals surface area (Å²) in [5.41, 5.74) is -2.58. The van der Waals surface area contributed by atoms with E-state index in [2.05, 4.69) is 15.3 Å². The standard InChI is InChI=1S/C16H24F3N3O2/c1-5-24-7-6-15(23,16(17,18)19)11-20-8-12-9-21-13(22-10-12)14(2,3)4/h6-7,9-10,20,23H,5,8,11H2,1-4H3/b7-6+. The number of halogens is 3. The average Bonchev–Trinajstić information content (AvgIpc) is 2.46. The lowest BCUT2D eigenvalue weighted by Gasteiger charge is -2.27. The molecule has 0 bridgehead atoms. The van der Waals surface area contributed by atoms with Crippen molar-refractivity contribution >= 4 is 0 Å². The zero-order chi connectivity index (χ0) is 18.4. The molecule has 1 rings (SSSR count). The van der Waals surface area contributed by atoms with E-state index in [0.29, 0.717) is 17.5 Å². The number of ether oxygens (including phenoxy) is 1. The molecule has 0 saturated heterocycles. The zero-order valence-electron chi connectivity index (χ0n) is 14.3. The maximum Gasteiger partial charge on any atom is 0.422 e. The van der Waals surface area contributed by atoms with Crippen molar-refractivity contribution in [1.29, 1.82) is 0 Å². The number of nitrogens with one attached hydrogen (secondary N) is 1. The fraction of sp³-hybridized carbons (Fsp3) is 0.625. The van der Waals surface area contributed by atoms with Gasteiger partial charge in [-0.1, -0.05) is 20.8 Å². The van der Waals surface area contributed by atoms with Gasteiger partial charge in [0.2, 0.25) is 0 Å². The Balaban J connectivity index is 2.68. The van der Waals surface area contributed by atoms with Gasteiger partial charge in [-0.2, -0.15) is 13.2 Å². The van der Waals surface area contributed by atoms with Crippen LogP contribution in [0.25, 0.3) is 0 Å². The molecule has 0 amide bonds. The van der Waals surface area contributed by atoms with Crippen molar-refractivity contribution in [2.24, 2.45) is 0 Å². The molecule has 0 aliphatic rings. The lowest BCUT2D eigenvalue weighted by atomic mass is 9.96. The van der Waals surface area contributed by atoms with Crippen LogP contribution < -0.4 is 5.32 Å². The Bertz CT molecular complexity index is 539. The highest BCUT2D eigenvalue weighted by Gasteiger charge is 2.51. The van der Waals surface area contributed by atoms with Crippen molar-refractivity contribution in [3.05, 3.63) is 36.1 Å². The molecule has 0 aliphatic carbocycles. The molecule has 0 fully saturated rings. The first kappa shape index (κ1) is 20.4. The minimum absolute atomic E-state index is 0.102. The molecule has 1 heterocycles. The molecule has 0 aromatic carbocycles. The Morgan fingerprint density at radius 3 is 2.25 bits per heavy atom. The number of aromatic nitrogens is 2. The summed E-state index contributed by atoms with van der Waals surface area (Å²) in [6.45, 7) is 7.15. The first-order valence-corrected chi connectivity index (χ1v) is 7.60. The van der Waals surface area contributed by atoms with Gasteiger partial charge in [0.05, 0.1) is 12.9 Å². The minimum Gasteiger partial charge on any atom is -0.502 e. The molecule has 0 aliphatic heterocycles. The smallest absolute Gasteiger partial charge is 0.422 e. The summed E-state index contributed by atoms with van der Waals surface area (Å²) < 4.78 is 43.8. The zero-order valence-corrected chi connectivity index (χ0v) is 14.3. The highest BCUT2D eigenvalue weighted by molar-refractivity contribution is 5.10. The lowest BCUT2D eigenvalue weighted by Crippen LogP contribution is -2.51. The van der Waals surface area contributed by atoms with E-state index in [-0.39, 0.29) is 18.6 Å². The summed E-state index contributed by atoms with van der Waals surface area (Å²) in [6.07, 6.45) is -0.244. The van der Waals surface area contributed by atoms with E-state index in [9.17, 15) is 18.3 Å². The summed E-state index contributed by atoms with van der Waals surface area (Å²) in [5.74, 6) is 0.651. The minimum atomic E-state index is -4.82. The highest BCUT2D eigenvalue weighted by atomic mass is 19.4. The van der Waals surface area contributed by atoms with Gasteiger partial charge in [0.15, 0.2) is 5.60 Å². The van der Waals surface area contributed by atoms with Gasteiger partial charge in [-0.15, -0.1) is 0 Å². The van der Waals surface area contributed by atoms with Crippen LogP contribution in [-0.4, -0.2) is 40.0 Å². The molecular weight excluding hydrogens is 323 g/mol. The van der Waals surface area contributed by atoms with Crippen LogP contribution in [0.4, 0.5) is 13.2 Å². The molecule has 136 valence electrons. The fourth-order valence-corrected chi connectivity index (χ4v) is 1.74. The number of aliphatic hydroxyl groups is 1. The van der Waals surface area contributed by atoms with Crippen molar-refractivity contribution in [1.82, 2.24) is 15.3 Å². The predicted octanol–water partition coefficient (Wildman–Crippen LogP) is 2.71. The molecule has 1 aromatic heterocycles. The van der Waals surface area contributed by atoms with Crippen LogP contribution in [0.5, 0.6) is 0 Å². The quantitative estimate of drug-likeness (QED) is 0.743. The summed E-state index contributed by atoms with van der Waals surface area (Å²) in [6, 6.07) is 0. The molecule has 5 nitrogen and oxygen atoms in total. The maximum atomic E-state index is 13.0. The molecule has 8 heteroatoms. The van der Waals surface area contributed by atoms with Gasteiger partial charge in [0.25, 0.3) is 0 Å². The maximum absolute atomic E-state index is 13.0. The van der Waals surface area contributed by atoms with Crippen molar-refractivity contribution in [3.8, 4) is 0 Å². The second-order valence-corrected chi connectivity index (χ2v) is 6.45. The van der Waals surface area contributed by atoms with Crippen LogP contribution >= 0.6 is 0 Å². The third-order valence-corrected chi connectivity index (χ3v) is 3.20. The van der Waals surface area contributed by atoms with Crippen molar-refractivity contribution in [3.63, 3.8) is 0 Å². The monoisotopic (exact) mass is 347 g/mol. The van der Waals surface area contributed by atoms with Gasteiger partial charge in [-0.25, -0.2) is 9.97 Å². The molecule has 0 radical (unpaired) electrons. The van der Waals surface area contributed by atoms with Crippen LogP contribution in [-0.2, 0) is 16.7 Å². The van der Waals surface area contributed by atoms with Gasteiger partial charge < -0.3 is 15.2 Å². The van der Waals surface area contributed by atoms with E-state index in [0.717, 1.165) is 6.26 Å².